The minimum absolute atomic E-state index is 0.0382. The predicted octanol–water partition coefficient (Wildman–Crippen LogP) is 3.17. The van der Waals surface area contributed by atoms with Crippen molar-refractivity contribution in [3.8, 4) is 0 Å². The van der Waals surface area contributed by atoms with Crippen molar-refractivity contribution in [3.05, 3.63) is 48.0 Å². The molecule has 2 aromatic rings. The van der Waals surface area contributed by atoms with Crippen LogP contribution in [0.1, 0.15) is 31.7 Å². The summed E-state index contributed by atoms with van der Waals surface area (Å²) in [5.74, 6) is -1.31. The first kappa shape index (κ1) is 15.5. The number of carboxylic acid groups (broad SMARTS) is 1. The van der Waals surface area contributed by atoms with Crippen LogP contribution in [-0.4, -0.2) is 23.0 Å². The maximum atomic E-state index is 12.3. The molecule has 4 nitrogen and oxygen atoms in total. The van der Waals surface area contributed by atoms with E-state index in [1.165, 1.54) is 16.3 Å². The summed E-state index contributed by atoms with van der Waals surface area (Å²) < 4.78 is 0. The van der Waals surface area contributed by atoms with Gasteiger partial charge in [-0.15, -0.1) is 0 Å². The number of benzene rings is 2. The van der Waals surface area contributed by atoms with E-state index >= 15 is 0 Å². The highest BCUT2D eigenvalue weighted by Crippen LogP contribution is 2.48. The molecule has 0 heterocycles. The van der Waals surface area contributed by atoms with Gasteiger partial charge in [-0.05, 0) is 42.5 Å². The number of fused-ring (bicyclic) bond motifs is 1. The highest BCUT2D eigenvalue weighted by atomic mass is 16.4. The Morgan fingerprint density at radius 2 is 1.83 bits per heavy atom. The van der Waals surface area contributed by atoms with Gasteiger partial charge >= 0.3 is 5.97 Å². The molecule has 0 aromatic heterocycles. The normalized spacial score (nSPS) is 22.3. The van der Waals surface area contributed by atoms with Crippen LogP contribution in [0, 0.1) is 11.8 Å². The fourth-order valence-corrected chi connectivity index (χ4v) is 2.96. The van der Waals surface area contributed by atoms with Gasteiger partial charge in [0.1, 0.15) is 0 Å². The molecule has 120 valence electrons. The lowest BCUT2D eigenvalue weighted by Gasteiger charge is -2.17. The fraction of sp³-hybridized carbons (Fsp3) is 0.368. The van der Waals surface area contributed by atoms with Crippen LogP contribution in [-0.2, 0) is 9.59 Å². The van der Waals surface area contributed by atoms with Crippen molar-refractivity contribution in [2.45, 2.75) is 32.2 Å². The van der Waals surface area contributed by atoms with Crippen LogP contribution in [0.3, 0.4) is 0 Å². The van der Waals surface area contributed by atoms with Gasteiger partial charge in [0.2, 0.25) is 5.91 Å². The number of nitrogens with one attached hydrogen (secondary N) is 1. The van der Waals surface area contributed by atoms with Crippen molar-refractivity contribution in [2.24, 2.45) is 11.8 Å². The Morgan fingerprint density at radius 1 is 1.13 bits per heavy atom. The molecule has 0 aliphatic heterocycles. The van der Waals surface area contributed by atoms with Gasteiger partial charge < -0.3 is 10.4 Å². The second-order valence-corrected chi connectivity index (χ2v) is 6.48. The Hall–Kier alpha value is -2.36. The van der Waals surface area contributed by atoms with Crippen LogP contribution in [0.2, 0.25) is 0 Å². The zero-order valence-corrected chi connectivity index (χ0v) is 13.3. The number of amides is 1. The number of hydrogen-bond acceptors (Lipinski definition) is 2. The van der Waals surface area contributed by atoms with Gasteiger partial charge in [-0.2, -0.15) is 0 Å². The van der Waals surface area contributed by atoms with Gasteiger partial charge in [0.25, 0.3) is 0 Å². The summed E-state index contributed by atoms with van der Waals surface area (Å²) in [5.41, 5.74) is 1.18. The number of hydrogen-bond donors (Lipinski definition) is 2. The minimum atomic E-state index is -0.889. The first-order valence-electron chi connectivity index (χ1n) is 7.99. The van der Waals surface area contributed by atoms with Crippen molar-refractivity contribution in [2.75, 3.05) is 0 Å². The van der Waals surface area contributed by atoms with Crippen LogP contribution >= 0.6 is 0 Å². The van der Waals surface area contributed by atoms with E-state index in [1.54, 1.807) is 13.8 Å². The van der Waals surface area contributed by atoms with Crippen LogP contribution in [0.5, 0.6) is 0 Å². The lowest BCUT2D eigenvalue weighted by atomic mass is 10.0. The molecule has 0 saturated heterocycles. The summed E-state index contributed by atoms with van der Waals surface area (Å²) in [6, 6.07) is 14.1. The van der Waals surface area contributed by atoms with Crippen LogP contribution < -0.4 is 5.32 Å². The van der Waals surface area contributed by atoms with E-state index < -0.39 is 11.9 Å². The van der Waals surface area contributed by atoms with Gasteiger partial charge in [0.15, 0.2) is 0 Å². The predicted molar refractivity (Wildman–Crippen MR) is 89.2 cm³/mol. The van der Waals surface area contributed by atoms with Crippen LogP contribution in [0.25, 0.3) is 10.8 Å². The molecular formula is C19H21NO3. The van der Waals surface area contributed by atoms with E-state index in [2.05, 4.69) is 35.6 Å². The van der Waals surface area contributed by atoms with E-state index in [-0.39, 0.29) is 23.8 Å². The Labute approximate surface area is 135 Å². The Kier molecular flexibility index (Phi) is 4.07. The van der Waals surface area contributed by atoms with E-state index in [1.807, 2.05) is 12.1 Å². The SMILES string of the molecule is CC(NC(=O)C1CC1c1ccc2ccccc2c1)C(C)C(=O)O. The molecule has 4 heteroatoms. The van der Waals surface area contributed by atoms with Crippen LogP contribution in [0.15, 0.2) is 42.5 Å². The summed E-state index contributed by atoms with van der Waals surface area (Å²) in [4.78, 5) is 23.3. The molecular weight excluding hydrogens is 290 g/mol. The summed E-state index contributed by atoms with van der Waals surface area (Å²) >= 11 is 0. The quantitative estimate of drug-likeness (QED) is 0.891. The third kappa shape index (κ3) is 3.21. The van der Waals surface area contributed by atoms with Crippen LogP contribution in [0.4, 0.5) is 0 Å². The van der Waals surface area contributed by atoms with E-state index in [0.29, 0.717) is 0 Å². The standard InChI is InChI=1S/C19H21NO3/c1-11(19(22)23)12(2)20-18(21)17-10-16(17)15-8-7-13-5-3-4-6-14(13)9-15/h3-9,11-12,16-17H,10H2,1-2H3,(H,20,21)(H,22,23). The topological polar surface area (TPSA) is 66.4 Å². The maximum Gasteiger partial charge on any atom is 0.308 e. The van der Waals surface area contributed by atoms with Crippen molar-refractivity contribution in [1.29, 1.82) is 0 Å². The second-order valence-electron chi connectivity index (χ2n) is 6.48. The largest absolute Gasteiger partial charge is 0.481 e. The molecule has 1 fully saturated rings. The van der Waals surface area contributed by atoms with E-state index in [9.17, 15) is 9.59 Å². The highest BCUT2D eigenvalue weighted by molar-refractivity contribution is 5.86. The molecule has 2 aromatic carbocycles. The van der Waals surface area contributed by atoms with Gasteiger partial charge in [-0.1, -0.05) is 42.5 Å². The number of aliphatic carboxylic acids is 1. The Morgan fingerprint density at radius 3 is 2.52 bits per heavy atom. The van der Waals surface area contributed by atoms with Gasteiger partial charge in [-0.3, -0.25) is 9.59 Å². The molecule has 0 radical (unpaired) electrons. The second kappa shape index (κ2) is 6.03. The zero-order chi connectivity index (χ0) is 16.6. The molecule has 0 spiro atoms. The summed E-state index contributed by atoms with van der Waals surface area (Å²) in [7, 11) is 0. The number of carbonyl (C=O) groups is 2. The number of rotatable bonds is 5. The Balaban J connectivity index is 1.66. The maximum absolute atomic E-state index is 12.3. The summed E-state index contributed by atoms with van der Waals surface area (Å²) in [6.45, 7) is 3.35. The monoisotopic (exact) mass is 311 g/mol. The molecule has 23 heavy (non-hydrogen) atoms. The fourth-order valence-electron chi connectivity index (χ4n) is 2.96. The lowest BCUT2D eigenvalue weighted by molar-refractivity contribution is -0.142. The van der Waals surface area contributed by atoms with Crippen molar-refractivity contribution >= 4 is 22.6 Å². The molecule has 1 aliphatic carbocycles. The average Bonchev–Trinajstić information content (AvgIpc) is 3.34. The van der Waals surface area contributed by atoms with Gasteiger partial charge in [0.05, 0.1) is 5.92 Å². The third-order valence-corrected chi connectivity index (χ3v) is 4.84. The molecule has 1 saturated carbocycles. The van der Waals surface area contributed by atoms with Crippen molar-refractivity contribution < 1.29 is 14.7 Å². The minimum Gasteiger partial charge on any atom is -0.481 e. The lowest BCUT2D eigenvalue weighted by Crippen LogP contribution is -2.40. The van der Waals surface area contributed by atoms with E-state index in [0.717, 1.165) is 6.42 Å². The van der Waals surface area contributed by atoms with Gasteiger partial charge in [0, 0.05) is 12.0 Å². The zero-order valence-electron chi connectivity index (χ0n) is 13.3. The first-order valence-corrected chi connectivity index (χ1v) is 7.99. The molecule has 1 aliphatic rings. The molecule has 4 atom stereocenters. The molecule has 1 amide bonds. The molecule has 4 unspecified atom stereocenters. The van der Waals surface area contributed by atoms with Gasteiger partial charge in [-0.25, -0.2) is 0 Å². The molecule has 3 rings (SSSR count). The number of carbonyl (C=O) groups excluding carboxylic acids is 1. The first-order chi connectivity index (χ1) is 11.0. The smallest absolute Gasteiger partial charge is 0.308 e. The molecule has 2 N–H and O–H groups in total. The summed E-state index contributed by atoms with van der Waals surface area (Å²) in [6.07, 6.45) is 0.832. The Bertz CT molecular complexity index is 755. The van der Waals surface area contributed by atoms with Crippen molar-refractivity contribution in [3.63, 3.8) is 0 Å². The van der Waals surface area contributed by atoms with E-state index in [4.69, 9.17) is 5.11 Å². The average molecular weight is 311 g/mol. The van der Waals surface area contributed by atoms with Crippen molar-refractivity contribution in [1.82, 2.24) is 5.32 Å². The highest BCUT2D eigenvalue weighted by Gasteiger charge is 2.44. The molecule has 0 bridgehead atoms. The third-order valence-electron chi connectivity index (χ3n) is 4.84. The summed E-state index contributed by atoms with van der Waals surface area (Å²) in [5, 5.41) is 14.2. The number of carboxylic acids is 1.